The van der Waals surface area contributed by atoms with Crippen molar-refractivity contribution < 1.29 is 9.13 Å². The Bertz CT molecular complexity index is 931. The van der Waals surface area contributed by atoms with Crippen LogP contribution >= 0.6 is 0 Å². The fourth-order valence-electron chi connectivity index (χ4n) is 4.79. The van der Waals surface area contributed by atoms with E-state index in [2.05, 4.69) is 48.3 Å². The topological polar surface area (TPSA) is 12.5 Å². The molecule has 32 heavy (non-hydrogen) atoms. The van der Waals surface area contributed by atoms with Gasteiger partial charge in [0.05, 0.1) is 0 Å². The number of rotatable bonds is 9. The summed E-state index contributed by atoms with van der Waals surface area (Å²) in [4.78, 5) is 2.53. The average Bonchev–Trinajstić information content (AvgIpc) is 2.85. The van der Waals surface area contributed by atoms with Crippen LogP contribution in [0, 0.1) is 5.82 Å². The van der Waals surface area contributed by atoms with Gasteiger partial charge in [-0.3, -0.25) is 0 Å². The van der Waals surface area contributed by atoms with Crippen LogP contribution in [0.3, 0.4) is 0 Å². The maximum Gasteiger partial charge on any atom is 0.123 e. The Balaban J connectivity index is 1.18. The molecule has 3 aromatic carbocycles. The third-order valence-corrected chi connectivity index (χ3v) is 6.81. The second-order valence-corrected chi connectivity index (χ2v) is 9.06. The molecule has 0 heterocycles. The number of hydrogen-bond donors (Lipinski definition) is 0. The molecular formula is C29H34FNO. The average molecular weight is 432 g/mol. The van der Waals surface area contributed by atoms with Crippen molar-refractivity contribution in [3.05, 3.63) is 101 Å². The predicted molar refractivity (Wildman–Crippen MR) is 130 cm³/mol. The van der Waals surface area contributed by atoms with E-state index in [-0.39, 0.29) is 5.82 Å². The first-order chi connectivity index (χ1) is 15.7. The molecule has 0 bridgehead atoms. The third kappa shape index (κ3) is 6.43. The molecule has 0 N–H and O–H groups in total. The summed E-state index contributed by atoms with van der Waals surface area (Å²) in [6, 6.07) is 26.6. The molecule has 1 saturated carbocycles. The summed E-state index contributed by atoms with van der Waals surface area (Å²) in [5, 5.41) is 0. The summed E-state index contributed by atoms with van der Waals surface area (Å²) in [5.41, 5.74) is 3.85. The Morgan fingerprint density at radius 3 is 2.19 bits per heavy atom. The van der Waals surface area contributed by atoms with Gasteiger partial charge in [-0.05, 0) is 99.0 Å². The molecule has 0 aromatic heterocycles. The Kier molecular flexibility index (Phi) is 7.95. The van der Waals surface area contributed by atoms with Gasteiger partial charge < -0.3 is 9.64 Å². The number of ether oxygens (including phenoxy) is 1. The van der Waals surface area contributed by atoms with Crippen LogP contribution in [0.5, 0.6) is 5.75 Å². The van der Waals surface area contributed by atoms with E-state index in [0.29, 0.717) is 18.6 Å². The molecule has 4 rings (SSSR count). The smallest absolute Gasteiger partial charge is 0.123 e. The van der Waals surface area contributed by atoms with Crippen molar-refractivity contribution in [1.29, 1.82) is 0 Å². The molecule has 0 saturated heterocycles. The van der Waals surface area contributed by atoms with Crippen LogP contribution in [0.2, 0.25) is 0 Å². The molecule has 0 unspecified atom stereocenters. The largest absolute Gasteiger partial charge is 0.489 e. The number of halogens is 1. The highest BCUT2D eigenvalue weighted by Gasteiger charge is 2.24. The van der Waals surface area contributed by atoms with Crippen molar-refractivity contribution in [2.45, 2.75) is 57.1 Å². The molecule has 168 valence electrons. The Hall–Kier alpha value is -2.65. The lowest BCUT2D eigenvalue weighted by Crippen LogP contribution is -2.35. The van der Waals surface area contributed by atoms with E-state index in [0.717, 1.165) is 25.1 Å². The summed E-state index contributed by atoms with van der Waals surface area (Å²) in [6.07, 6.45) is 7.13. The van der Waals surface area contributed by atoms with Gasteiger partial charge in [-0.15, -0.1) is 0 Å². The highest BCUT2D eigenvalue weighted by Crippen LogP contribution is 2.35. The molecule has 1 fully saturated rings. The Morgan fingerprint density at radius 2 is 1.50 bits per heavy atom. The molecule has 0 amide bonds. The van der Waals surface area contributed by atoms with E-state index in [9.17, 15) is 4.39 Å². The summed E-state index contributed by atoms with van der Waals surface area (Å²) in [7, 11) is 2.26. The summed E-state index contributed by atoms with van der Waals surface area (Å²) in [6.45, 7) is 1.71. The van der Waals surface area contributed by atoms with Gasteiger partial charge in [0.25, 0.3) is 0 Å². The second kappa shape index (κ2) is 11.3. The lowest BCUT2D eigenvalue weighted by atomic mass is 9.81. The summed E-state index contributed by atoms with van der Waals surface area (Å²) in [5.74, 6) is 1.44. The molecule has 3 aromatic rings. The number of nitrogens with zero attached hydrogens (tertiary/aromatic N) is 1. The molecule has 1 aliphatic carbocycles. The zero-order valence-corrected chi connectivity index (χ0v) is 19.1. The van der Waals surface area contributed by atoms with Crippen molar-refractivity contribution in [1.82, 2.24) is 4.90 Å². The summed E-state index contributed by atoms with van der Waals surface area (Å²) >= 11 is 0. The first kappa shape index (κ1) is 22.5. The molecule has 2 nitrogen and oxygen atoms in total. The van der Waals surface area contributed by atoms with Crippen LogP contribution in [-0.2, 0) is 13.0 Å². The van der Waals surface area contributed by atoms with Gasteiger partial charge >= 0.3 is 0 Å². The maximum atomic E-state index is 13.0. The zero-order valence-electron chi connectivity index (χ0n) is 19.1. The zero-order chi connectivity index (χ0) is 22.2. The molecule has 0 spiro atoms. The van der Waals surface area contributed by atoms with Gasteiger partial charge in [-0.1, -0.05) is 54.6 Å². The SMILES string of the molecule is CN(CCCc1ccc(F)cc1)C1CCC(c2ccc(OCc3ccccc3)cc2)CC1. The van der Waals surface area contributed by atoms with Gasteiger partial charge in [-0.2, -0.15) is 0 Å². The van der Waals surface area contributed by atoms with E-state index < -0.39 is 0 Å². The minimum absolute atomic E-state index is 0.156. The fraction of sp³-hybridized carbons (Fsp3) is 0.379. The quantitative estimate of drug-likeness (QED) is 0.362. The lowest BCUT2D eigenvalue weighted by Gasteiger charge is -2.35. The van der Waals surface area contributed by atoms with Gasteiger partial charge in [0.15, 0.2) is 0 Å². The molecule has 0 atom stereocenters. The molecule has 1 aliphatic rings. The molecular weight excluding hydrogens is 397 g/mol. The van der Waals surface area contributed by atoms with E-state index in [4.69, 9.17) is 4.74 Å². The first-order valence-electron chi connectivity index (χ1n) is 11.9. The van der Waals surface area contributed by atoms with Crippen molar-refractivity contribution in [2.24, 2.45) is 0 Å². The third-order valence-electron chi connectivity index (χ3n) is 6.81. The molecule has 0 radical (unpaired) electrons. The van der Waals surface area contributed by atoms with Crippen LogP contribution in [0.15, 0.2) is 78.9 Å². The minimum Gasteiger partial charge on any atom is -0.489 e. The number of hydrogen-bond acceptors (Lipinski definition) is 2. The van der Waals surface area contributed by atoms with Crippen molar-refractivity contribution in [3.63, 3.8) is 0 Å². The van der Waals surface area contributed by atoms with Gasteiger partial charge in [0.2, 0.25) is 0 Å². The Morgan fingerprint density at radius 1 is 0.812 bits per heavy atom. The van der Waals surface area contributed by atoms with Gasteiger partial charge in [0, 0.05) is 6.04 Å². The van der Waals surface area contributed by atoms with Crippen LogP contribution in [0.1, 0.15) is 54.7 Å². The lowest BCUT2D eigenvalue weighted by molar-refractivity contribution is 0.181. The van der Waals surface area contributed by atoms with E-state index in [1.54, 1.807) is 12.1 Å². The molecule has 0 aliphatic heterocycles. The normalized spacial score (nSPS) is 18.6. The van der Waals surface area contributed by atoms with Crippen molar-refractivity contribution in [3.8, 4) is 5.75 Å². The monoisotopic (exact) mass is 431 g/mol. The fourth-order valence-corrected chi connectivity index (χ4v) is 4.79. The highest BCUT2D eigenvalue weighted by atomic mass is 19.1. The second-order valence-electron chi connectivity index (χ2n) is 9.06. The van der Waals surface area contributed by atoms with E-state index >= 15 is 0 Å². The van der Waals surface area contributed by atoms with Crippen molar-refractivity contribution >= 4 is 0 Å². The molecule has 3 heteroatoms. The number of aryl methyl sites for hydroxylation is 1. The maximum absolute atomic E-state index is 13.0. The number of benzene rings is 3. The van der Waals surface area contributed by atoms with Crippen LogP contribution < -0.4 is 4.74 Å². The highest BCUT2D eigenvalue weighted by molar-refractivity contribution is 5.30. The standard InChI is InChI=1S/C29H34FNO/c1-31(21-5-8-23-9-15-27(30)16-10-23)28-17-11-25(12-18-28)26-13-19-29(20-14-26)32-22-24-6-3-2-4-7-24/h2-4,6-7,9-10,13-16,19-20,25,28H,5,8,11-12,17-18,21-22H2,1H3. The van der Waals surface area contributed by atoms with E-state index in [1.807, 2.05) is 30.3 Å². The van der Waals surface area contributed by atoms with Crippen LogP contribution in [0.25, 0.3) is 0 Å². The Labute approximate surface area is 192 Å². The van der Waals surface area contributed by atoms with Crippen LogP contribution in [-0.4, -0.2) is 24.5 Å². The van der Waals surface area contributed by atoms with Gasteiger partial charge in [0.1, 0.15) is 18.2 Å². The van der Waals surface area contributed by atoms with Crippen molar-refractivity contribution in [2.75, 3.05) is 13.6 Å². The van der Waals surface area contributed by atoms with Gasteiger partial charge in [-0.25, -0.2) is 4.39 Å². The summed E-state index contributed by atoms with van der Waals surface area (Å²) < 4.78 is 19.0. The van der Waals surface area contributed by atoms with Crippen LogP contribution in [0.4, 0.5) is 4.39 Å². The first-order valence-corrected chi connectivity index (χ1v) is 11.9. The minimum atomic E-state index is -0.156. The predicted octanol–water partition coefficient (Wildman–Crippen LogP) is 7.00. The van der Waals surface area contributed by atoms with E-state index in [1.165, 1.54) is 42.4 Å².